The van der Waals surface area contributed by atoms with Crippen molar-refractivity contribution in [2.45, 2.75) is 114 Å². The van der Waals surface area contributed by atoms with Gasteiger partial charge in [0.1, 0.15) is 0 Å². The van der Waals surface area contributed by atoms with E-state index in [2.05, 4.69) is 350 Å². The van der Waals surface area contributed by atoms with Crippen molar-refractivity contribution in [3.63, 3.8) is 0 Å². The van der Waals surface area contributed by atoms with Crippen molar-refractivity contribution in [2.75, 3.05) is 9.80 Å². The van der Waals surface area contributed by atoms with Crippen LogP contribution in [0.1, 0.15) is 131 Å². The fourth-order valence-electron chi connectivity index (χ4n) is 18.2. The van der Waals surface area contributed by atoms with E-state index in [1.54, 1.807) is 22.3 Å². The van der Waals surface area contributed by atoms with Gasteiger partial charge in [-0.3, -0.25) is 0 Å². The fourth-order valence-corrected chi connectivity index (χ4v) is 18.2. The summed E-state index contributed by atoms with van der Waals surface area (Å²) in [5.41, 5.74) is 36.2. The minimum absolute atomic E-state index is 0.312. The second-order valence-electron chi connectivity index (χ2n) is 29.7. The Morgan fingerprint density at radius 1 is 0.212 bits per heavy atom. The van der Waals surface area contributed by atoms with Crippen LogP contribution < -0.4 is 9.80 Å². The summed E-state index contributed by atoms with van der Waals surface area (Å²) in [6.45, 7) is 0. The molecule has 0 N–H and O–H groups in total. The van der Waals surface area contributed by atoms with Crippen molar-refractivity contribution in [3.8, 4) is 55.6 Å². The molecule has 0 saturated carbocycles. The van der Waals surface area contributed by atoms with E-state index in [0.717, 1.165) is 72.6 Å². The third-order valence-corrected chi connectivity index (χ3v) is 23.8. The number of nitrogens with zero attached hydrogens (tertiary/aromatic N) is 2. The number of fused-ring (bicyclic) bond motifs is 8. The number of benzene rings is 14. The number of hydrogen-bond acceptors (Lipinski definition) is 2. The van der Waals surface area contributed by atoms with Crippen LogP contribution in [0.25, 0.3) is 55.6 Å². The third-order valence-electron chi connectivity index (χ3n) is 23.8. The standard InChI is InChI=1S/C102H88N2/c1(9-25-73-39-41-81-43-45-83(81)69-73)3-23-67-101(85-31-15-7-16-32-85)97-37-21-19-35-93(97)95-65-63-91(71-99(95)101)103(87-55-47-77(48-56-87)75-27-11-5-12-28-75)89-59-51-79(52-60-89)80-53-61-90(62-54-80)104(88-57-49-78(50-58-88)76-29-13-6-14-30-76)92-64-66-96-94-36-20-22-38-98(94)102(100(96)72-92,86-33-17-8-18-34-86)68-24-4-2-10-26-74-40-42-82-44-46-84(82)70-74/h5-8,11-22,27-42,47-66,69-72H,1-4,9-10,23-26,43-46,67-68H2. The molecule has 4 aliphatic rings. The van der Waals surface area contributed by atoms with E-state index in [0.29, 0.717) is 0 Å². The molecule has 0 saturated heterocycles. The van der Waals surface area contributed by atoms with Gasteiger partial charge in [-0.2, -0.15) is 0 Å². The molecule has 18 rings (SSSR count). The Labute approximate surface area is 615 Å². The summed E-state index contributed by atoms with van der Waals surface area (Å²) in [6.07, 6.45) is 18.9. The molecule has 2 heteroatoms. The molecule has 0 fully saturated rings. The highest BCUT2D eigenvalue weighted by Crippen LogP contribution is 2.59. The smallest absolute Gasteiger partial charge is 0.0465 e. The van der Waals surface area contributed by atoms with Gasteiger partial charge < -0.3 is 9.80 Å². The Bertz CT molecular complexity index is 5010. The van der Waals surface area contributed by atoms with E-state index in [1.165, 1.54) is 164 Å². The number of aryl methyl sites for hydroxylation is 6. The van der Waals surface area contributed by atoms with E-state index < -0.39 is 0 Å². The molecule has 506 valence electrons. The van der Waals surface area contributed by atoms with E-state index in [1.807, 2.05) is 0 Å². The summed E-state index contributed by atoms with van der Waals surface area (Å²) in [6, 6.07) is 129. The fraction of sp³-hybridized carbons (Fsp3) is 0.176. The number of anilines is 6. The second-order valence-corrected chi connectivity index (χ2v) is 29.7. The average molecular weight is 1340 g/mol. The predicted octanol–water partition coefficient (Wildman–Crippen LogP) is 26.8. The maximum Gasteiger partial charge on any atom is 0.0465 e. The van der Waals surface area contributed by atoms with Crippen molar-refractivity contribution < 1.29 is 0 Å². The van der Waals surface area contributed by atoms with Crippen molar-refractivity contribution in [1.29, 1.82) is 0 Å². The first-order chi connectivity index (χ1) is 51.5. The lowest BCUT2D eigenvalue weighted by molar-refractivity contribution is 0.511. The quantitative estimate of drug-likeness (QED) is 0.0526. The molecule has 2 nitrogen and oxygen atoms in total. The van der Waals surface area contributed by atoms with Gasteiger partial charge in [0.2, 0.25) is 0 Å². The van der Waals surface area contributed by atoms with Gasteiger partial charge in [0.15, 0.2) is 0 Å². The molecule has 14 aromatic rings. The maximum atomic E-state index is 2.55. The molecule has 104 heavy (non-hydrogen) atoms. The van der Waals surface area contributed by atoms with Gasteiger partial charge in [-0.1, -0.05) is 305 Å². The van der Waals surface area contributed by atoms with Crippen LogP contribution in [0.2, 0.25) is 0 Å². The second kappa shape index (κ2) is 28.5. The van der Waals surface area contributed by atoms with Gasteiger partial charge in [0, 0.05) is 45.0 Å². The van der Waals surface area contributed by atoms with Crippen molar-refractivity contribution in [2.24, 2.45) is 0 Å². The van der Waals surface area contributed by atoms with Crippen LogP contribution in [-0.4, -0.2) is 0 Å². The van der Waals surface area contributed by atoms with Gasteiger partial charge in [0.25, 0.3) is 0 Å². The molecule has 2 unspecified atom stereocenters. The van der Waals surface area contributed by atoms with Crippen molar-refractivity contribution >= 4 is 34.1 Å². The highest BCUT2D eigenvalue weighted by molar-refractivity contribution is 5.91. The summed E-state index contributed by atoms with van der Waals surface area (Å²) >= 11 is 0. The Balaban J connectivity index is 0.676. The van der Waals surface area contributed by atoms with Crippen molar-refractivity contribution in [3.05, 3.63) is 406 Å². The molecule has 0 aliphatic heterocycles. The largest absolute Gasteiger partial charge is 0.310 e. The zero-order valence-electron chi connectivity index (χ0n) is 59.5. The minimum Gasteiger partial charge on any atom is -0.310 e. The Kier molecular flexibility index (Phi) is 17.7. The number of unbranched alkanes of at least 4 members (excludes halogenated alkanes) is 6. The average Bonchev–Trinajstić information content (AvgIpc) is 1.56. The molecule has 2 atom stereocenters. The number of rotatable bonds is 25. The first-order valence-corrected chi connectivity index (χ1v) is 38.5. The molecule has 0 amide bonds. The van der Waals surface area contributed by atoms with Gasteiger partial charge in [-0.15, -0.1) is 0 Å². The van der Waals surface area contributed by atoms with Crippen LogP contribution in [0.4, 0.5) is 34.1 Å². The minimum atomic E-state index is -0.312. The summed E-state index contributed by atoms with van der Waals surface area (Å²) < 4.78 is 0. The predicted molar refractivity (Wildman–Crippen MR) is 437 cm³/mol. The normalized spacial score (nSPS) is 15.5. The van der Waals surface area contributed by atoms with Crippen LogP contribution >= 0.6 is 0 Å². The maximum absolute atomic E-state index is 2.55. The van der Waals surface area contributed by atoms with E-state index >= 15 is 0 Å². The highest BCUT2D eigenvalue weighted by atomic mass is 15.1. The SMILES string of the molecule is c1ccc(-c2ccc(N(c3ccc(-c4ccc(N(c5ccc(-c6ccccc6)cc5)c5ccc6c(c5)C(CCCCCCc5ccc7c(c5)CC7)(c5ccccc5)c5ccccc5-6)cc4)cc3)c3ccc4c(c3)C(CCCCCCc3ccc5c(c3)CC5)(c3ccccc3)c3ccccc3-4)cc2)cc1. The van der Waals surface area contributed by atoms with Crippen LogP contribution in [0.3, 0.4) is 0 Å². The molecule has 0 spiro atoms. The van der Waals surface area contributed by atoms with Crippen LogP contribution in [0.5, 0.6) is 0 Å². The van der Waals surface area contributed by atoms with Crippen molar-refractivity contribution in [1.82, 2.24) is 0 Å². The molecule has 0 bridgehead atoms. The molecule has 0 heterocycles. The van der Waals surface area contributed by atoms with Gasteiger partial charge in [0.05, 0.1) is 0 Å². The van der Waals surface area contributed by atoms with Crippen LogP contribution in [-0.2, 0) is 49.4 Å². The van der Waals surface area contributed by atoms with E-state index in [4.69, 9.17) is 0 Å². The monoisotopic (exact) mass is 1340 g/mol. The molecular weight excluding hydrogens is 1250 g/mol. The van der Waals surface area contributed by atoms with Gasteiger partial charge in [-0.05, 0) is 259 Å². The Morgan fingerprint density at radius 3 is 0.856 bits per heavy atom. The molecule has 0 aromatic heterocycles. The Morgan fingerprint density at radius 2 is 0.510 bits per heavy atom. The van der Waals surface area contributed by atoms with E-state index in [-0.39, 0.29) is 10.8 Å². The zero-order valence-corrected chi connectivity index (χ0v) is 59.5. The molecular formula is C102H88N2. The lowest BCUT2D eigenvalue weighted by Crippen LogP contribution is -2.27. The molecule has 0 radical (unpaired) electrons. The molecule has 4 aliphatic carbocycles. The summed E-state index contributed by atoms with van der Waals surface area (Å²) in [5, 5.41) is 0. The van der Waals surface area contributed by atoms with Gasteiger partial charge >= 0.3 is 0 Å². The van der Waals surface area contributed by atoms with E-state index in [9.17, 15) is 0 Å². The third kappa shape index (κ3) is 12.2. The lowest BCUT2D eigenvalue weighted by Gasteiger charge is -2.34. The zero-order chi connectivity index (χ0) is 69.2. The van der Waals surface area contributed by atoms with Gasteiger partial charge in [-0.25, -0.2) is 0 Å². The summed E-state index contributed by atoms with van der Waals surface area (Å²) in [5.74, 6) is 0. The Hall–Kier alpha value is -11.3. The first-order valence-electron chi connectivity index (χ1n) is 38.5. The number of hydrogen-bond donors (Lipinski definition) is 0. The summed E-state index contributed by atoms with van der Waals surface area (Å²) in [4.78, 5) is 4.96. The van der Waals surface area contributed by atoms with Crippen LogP contribution in [0, 0.1) is 0 Å². The van der Waals surface area contributed by atoms with Crippen LogP contribution in [0.15, 0.2) is 340 Å². The molecule has 14 aromatic carbocycles. The highest BCUT2D eigenvalue weighted by Gasteiger charge is 2.46. The summed E-state index contributed by atoms with van der Waals surface area (Å²) in [7, 11) is 0. The first kappa shape index (κ1) is 64.8. The topological polar surface area (TPSA) is 6.48 Å². The lowest BCUT2D eigenvalue weighted by atomic mass is 9.69.